The molecule has 0 saturated carbocycles. The number of nitrogens with one attached hydrogen (secondary N) is 1. The standard InChI is InChI=1S/C15H24N2O3S/c1-9-7-14(16)11(3)15(10(9)2)21(18,19)17-8-13-5-6-20-12(13)4/h7,12-13,17H,5-6,8,16H2,1-4H3. The molecular weight excluding hydrogens is 288 g/mol. The number of ether oxygens (including phenoxy) is 1. The molecule has 2 atom stereocenters. The van der Waals surface area contributed by atoms with Gasteiger partial charge >= 0.3 is 0 Å². The molecule has 118 valence electrons. The van der Waals surface area contributed by atoms with Crippen molar-refractivity contribution in [2.45, 2.75) is 45.1 Å². The summed E-state index contributed by atoms with van der Waals surface area (Å²) in [5.74, 6) is 0.225. The van der Waals surface area contributed by atoms with E-state index in [1.165, 1.54) is 0 Å². The molecule has 0 amide bonds. The zero-order chi connectivity index (χ0) is 15.8. The molecule has 21 heavy (non-hydrogen) atoms. The molecule has 5 nitrogen and oxygen atoms in total. The Morgan fingerprint density at radius 1 is 1.33 bits per heavy atom. The van der Waals surface area contributed by atoms with Crippen molar-refractivity contribution in [1.82, 2.24) is 4.72 Å². The first-order valence-electron chi connectivity index (χ1n) is 7.21. The van der Waals surface area contributed by atoms with Crippen LogP contribution in [0.1, 0.15) is 30.0 Å². The summed E-state index contributed by atoms with van der Waals surface area (Å²) in [6.45, 7) is 8.51. The molecule has 0 aromatic heterocycles. The van der Waals surface area contributed by atoms with E-state index < -0.39 is 10.0 Å². The SMILES string of the molecule is Cc1cc(N)c(C)c(S(=O)(=O)NCC2CCOC2C)c1C. The van der Waals surface area contributed by atoms with Crippen LogP contribution in [0.4, 0.5) is 5.69 Å². The largest absolute Gasteiger partial charge is 0.398 e. The fraction of sp³-hybridized carbons (Fsp3) is 0.600. The average molecular weight is 312 g/mol. The molecule has 1 aromatic rings. The Morgan fingerprint density at radius 2 is 2.00 bits per heavy atom. The number of hydrogen-bond acceptors (Lipinski definition) is 4. The van der Waals surface area contributed by atoms with Gasteiger partial charge in [-0.15, -0.1) is 0 Å². The number of aryl methyl sites for hydroxylation is 1. The third-order valence-corrected chi connectivity index (χ3v) is 6.11. The van der Waals surface area contributed by atoms with E-state index in [0.29, 0.717) is 29.3 Å². The Hall–Kier alpha value is -1.11. The Labute approximate surface area is 126 Å². The Kier molecular flexibility index (Phi) is 4.60. The van der Waals surface area contributed by atoms with Gasteiger partial charge in [-0.3, -0.25) is 0 Å². The summed E-state index contributed by atoms with van der Waals surface area (Å²) >= 11 is 0. The van der Waals surface area contributed by atoms with Crippen molar-refractivity contribution in [3.8, 4) is 0 Å². The molecule has 0 aliphatic carbocycles. The van der Waals surface area contributed by atoms with Crippen LogP contribution in [0.15, 0.2) is 11.0 Å². The highest BCUT2D eigenvalue weighted by Gasteiger charge is 2.28. The van der Waals surface area contributed by atoms with Crippen LogP contribution in [0.3, 0.4) is 0 Å². The van der Waals surface area contributed by atoms with Gasteiger partial charge in [-0.2, -0.15) is 0 Å². The fourth-order valence-corrected chi connectivity index (χ4v) is 4.44. The van der Waals surface area contributed by atoms with E-state index in [-0.39, 0.29) is 12.0 Å². The smallest absolute Gasteiger partial charge is 0.241 e. The summed E-state index contributed by atoms with van der Waals surface area (Å²) in [4.78, 5) is 0.312. The minimum Gasteiger partial charge on any atom is -0.398 e. The second-order valence-corrected chi connectivity index (χ2v) is 7.54. The number of nitrogens with two attached hydrogens (primary N) is 1. The molecule has 1 aliphatic rings. The topological polar surface area (TPSA) is 81.4 Å². The zero-order valence-corrected chi connectivity index (χ0v) is 13.9. The predicted molar refractivity (Wildman–Crippen MR) is 83.8 cm³/mol. The van der Waals surface area contributed by atoms with Crippen LogP contribution in [-0.4, -0.2) is 27.7 Å². The van der Waals surface area contributed by atoms with Gasteiger partial charge < -0.3 is 10.5 Å². The zero-order valence-electron chi connectivity index (χ0n) is 13.1. The molecule has 0 bridgehead atoms. The molecule has 2 unspecified atom stereocenters. The summed E-state index contributed by atoms with van der Waals surface area (Å²) in [5.41, 5.74) is 8.68. The van der Waals surface area contributed by atoms with Gasteiger partial charge in [-0.05, 0) is 56.9 Å². The summed E-state index contributed by atoms with van der Waals surface area (Å²) in [6, 6.07) is 1.82. The number of sulfonamides is 1. The number of nitrogen functional groups attached to an aromatic ring is 1. The van der Waals surface area contributed by atoms with E-state index >= 15 is 0 Å². The first kappa shape index (κ1) is 16.3. The molecule has 2 rings (SSSR count). The van der Waals surface area contributed by atoms with E-state index in [1.807, 2.05) is 26.8 Å². The van der Waals surface area contributed by atoms with E-state index in [4.69, 9.17) is 10.5 Å². The van der Waals surface area contributed by atoms with Crippen molar-refractivity contribution in [3.63, 3.8) is 0 Å². The van der Waals surface area contributed by atoms with Gasteiger partial charge in [0.05, 0.1) is 11.0 Å². The van der Waals surface area contributed by atoms with Crippen molar-refractivity contribution >= 4 is 15.7 Å². The van der Waals surface area contributed by atoms with Crippen molar-refractivity contribution in [2.24, 2.45) is 5.92 Å². The summed E-state index contributed by atoms with van der Waals surface area (Å²) in [5, 5.41) is 0. The van der Waals surface area contributed by atoms with Gasteiger partial charge in [-0.25, -0.2) is 13.1 Å². The second-order valence-electron chi connectivity index (χ2n) is 5.84. The van der Waals surface area contributed by atoms with E-state index in [0.717, 1.165) is 17.5 Å². The number of rotatable bonds is 4. The summed E-state index contributed by atoms with van der Waals surface area (Å²) < 4.78 is 33.5. The van der Waals surface area contributed by atoms with Crippen LogP contribution in [-0.2, 0) is 14.8 Å². The average Bonchev–Trinajstić information content (AvgIpc) is 2.80. The third kappa shape index (κ3) is 3.22. The monoisotopic (exact) mass is 312 g/mol. The highest BCUT2D eigenvalue weighted by molar-refractivity contribution is 7.89. The van der Waals surface area contributed by atoms with Gasteiger partial charge in [0.2, 0.25) is 10.0 Å². The van der Waals surface area contributed by atoms with Crippen LogP contribution in [0.25, 0.3) is 0 Å². The molecule has 1 fully saturated rings. The maximum absolute atomic E-state index is 12.6. The maximum atomic E-state index is 12.6. The van der Waals surface area contributed by atoms with Crippen LogP contribution in [0.2, 0.25) is 0 Å². The molecular formula is C15H24N2O3S. The highest BCUT2D eigenvalue weighted by Crippen LogP contribution is 2.28. The number of anilines is 1. The first-order valence-corrected chi connectivity index (χ1v) is 8.70. The van der Waals surface area contributed by atoms with Crippen molar-refractivity contribution < 1.29 is 13.2 Å². The van der Waals surface area contributed by atoms with E-state index in [1.54, 1.807) is 6.92 Å². The minimum atomic E-state index is -3.56. The predicted octanol–water partition coefficient (Wildman–Crippen LogP) is 1.90. The lowest BCUT2D eigenvalue weighted by Gasteiger charge is -2.18. The molecule has 0 radical (unpaired) electrons. The van der Waals surface area contributed by atoms with E-state index in [2.05, 4.69) is 4.72 Å². The highest BCUT2D eigenvalue weighted by atomic mass is 32.2. The molecule has 1 aromatic carbocycles. The number of hydrogen-bond donors (Lipinski definition) is 2. The second kappa shape index (κ2) is 5.94. The quantitative estimate of drug-likeness (QED) is 0.832. The van der Waals surface area contributed by atoms with Crippen molar-refractivity contribution in [3.05, 3.63) is 22.8 Å². The fourth-order valence-electron chi connectivity index (χ4n) is 2.78. The first-order chi connectivity index (χ1) is 9.74. The van der Waals surface area contributed by atoms with Crippen LogP contribution < -0.4 is 10.5 Å². The molecule has 6 heteroatoms. The lowest BCUT2D eigenvalue weighted by molar-refractivity contribution is 0.107. The van der Waals surface area contributed by atoms with Gasteiger partial charge in [0.1, 0.15) is 0 Å². The lowest BCUT2D eigenvalue weighted by Crippen LogP contribution is -2.33. The minimum absolute atomic E-state index is 0.0949. The van der Waals surface area contributed by atoms with Gasteiger partial charge in [0, 0.05) is 24.8 Å². The normalized spacial score (nSPS) is 22.7. The van der Waals surface area contributed by atoms with Gasteiger partial charge in [-0.1, -0.05) is 0 Å². The molecule has 0 spiro atoms. The lowest BCUT2D eigenvalue weighted by atomic mass is 10.0. The van der Waals surface area contributed by atoms with Crippen LogP contribution in [0.5, 0.6) is 0 Å². The third-order valence-electron chi connectivity index (χ3n) is 4.42. The number of benzene rings is 1. The molecule has 1 heterocycles. The molecule has 3 N–H and O–H groups in total. The van der Waals surface area contributed by atoms with Crippen molar-refractivity contribution in [1.29, 1.82) is 0 Å². The Bertz CT molecular complexity index is 615. The van der Waals surface area contributed by atoms with Crippen molar-refractivity contribution in [2.75, 3.05) is 18.9 Å². The van der Waals surface area contributed by atoms with Gasteiger partial charge in [0.15, 0.2) is 0 Å². The Balaban J connectivity index is 2.28. The van der Waals surface area contributed by atoms with Crippen LogP contribution >= 0.6 is 0 Å². The van der Waals surface area contributed by atoms with Gasteiger partial charge in [0.25, 0.3) is 0 Å². The molecule has 1 aliphatic heterocycles. The van der Waals surface area contributed by atoms with Crippen LogP contribution in [0, 0.1) is 26.7 Å². The molecule has 1 saturated heterocycles. The maximum Gasteiger partial charge on any atom is 0.241 e. The summed E-state index contributed by atoms with van der Waals surface area (Å²) in [7, 11) is -3.56. The Morgan fingerprint density at radius 3 is 2.57 bits per heavy atom. The van der Waals surface area contributed by atoms with E-state index in [9.17, 15) is 8.42 Å². The summed E-state index contributed by atoms with van der Waals surface area (Å²) in [6.07, 6.45) is 0.981.